The summed E-state index contributed by atoms with van der Waals surface area (Å²) in [5.41, 5.74) is 1.79. The van der Waals surface area contributed by atoms with Crippen LogP contribution in [0.15, 0.2) is 18.2 Å². The van der Waals surface area contributed by atoms with Gasteiger partial charge in [-0.3, -0.25) is 4.79 Å². The zero-order chi connectivity index (χ0) is 13.4. The fourth-order valence-corrected chi connectivity index (χ4v) is 3.67. The second-order valence-corrected chi connectivity index (χ2v) is 6.47. The summed E-state index contributed by atoms with van der Waals surface area (Å²) in [7, 11) is 0. The Kier molecular flexibility index (Phi) is 3.64. The molecule has 2 saturated heterocycles. The summed E-state index contributed by atoms with van der Waals surface area (Å²) in [4.78, 5) is 12.3. The second kappa shape index (κ2) is 5.26. The number of halogens is 1. The van der Waals surface area contributed by atoms with E-state index in [1.165, 1.54) is 12.8 Å². The van der Waals surface area contributed by atoms with Crippen LogP contribution in [0.1, 0.15) is 48.0 Å². The highest BCUT2D eigenvalue weighted by Gasteiger charge is 2.34. The van der Waals surface area contributed by atoms with E-state index in [1.54, 1.807) is 0 Å². The van der Waals surface area contributed by atoms with Crippen LogP contribution in [0.5, 0.6) is 0 Å². The molecule has 102 valence electrons. The number of Topliss-reactive ketones (excluding diaryl/α,β-unsaturated/α-hetero) is 1. The monoisotopic (exact) mass is 277 g/mol. The predicted octanol–water partition coefficient (Wildman–Crippen LogP) is 3.75. The van der Waals surface area contributed by atoms with Gasteiger partial charge in [0.25, 0.3) is 0 Å². The van der Waals surface area contributed by atoms with Crippen molar-refractivity contribution < 1.29 is 4.79 Å². The Morgan fingerprint density at radius 2 is 2.00 bits per heavy atom. The lowest BCUT2D eigenvalue weighted by atomic mass is 9.87. The minimum absolute atomic E-state index is 0.244. The van der Waals surface area contributed by atoms with Crippen molar-refractivity contribution in [2.75, 3.05) is 0 Å². The molecular weight excluding hydrogens is 258 g/mol. The Morgan fingerprint density at radius 3 is 2.63 bits per heavy atom. The van der Waals surface area contributed by atoms with E-state index in [2.05, 4.69) is 5.32 Å². The summed E-state index contributed by atoms with van der Waals surface area (Å²) in [5.74, 6) is 0.791. The molecule has 1 aromatic rings. The van der Waals surface area contributed by atoms with Gasteiger partial charge in [-0.2, -0.15) is 0 Å². The van der Waals surface area contributed by atoms with Gasteiger partial charge >= 0.3 is 0 Å². The van der Waals surface area contributed by atoms with Crippen molar-refractivity contribution in [3.8, 4) is 0 Å². The third kappa shape index (κ3) is 2.85. The first-order valence-corrected chi connectivity index (χ1v) is 7.55. The number of piperidine rings is 1. The lowest BCUT2D eigenvalue weighted by molar-refractivity contribution is 0.0945. The first-order chi connectivity index (χ1) is 9.11. The average molecular weight is 278 g/mol. The maximum absolute atomic E-state index is 12.3. The van der Waals surface area contributed by atoms with Crippen LogP contribution in [-0.2, 0) is 0 Å². The summed E-state index contributed by atoms with van der Waals surface area (Å²) < 4.78 is 0. The van der Waals surface area contributed by atoms with Gasteiger partial charge in [0.2, 0.25) is 0 Å². The highest BCUT2D eigenvalue weighted by Crippen LogP contribution is 2.33. The smallest absolute Gasteiger partial charge is 0.163 e. The maximum atomic E-state index is 12.3. The van der Waals surface area contributed by atoms with E-state index in [0.717, 1.165) is 24.0 Å². The van der Waals surface area contributed by atoms with E-state index in [4.69, 9.17) is 11.6 Å². The fourth-order valence-electron chi connectivity index (χ4n) is 3.49. The van der Waals surface area contributed by atoms with Crippen LogP contribution >= 0.6 is 11.6 Å². The molecule has 3 heteroatoms. The van der Waals surface area contributed by atoms with Crippen molar-refractivity contribution in [1.82, 2.24) is 5.32 Å². The first kappa shape index (κ1) is 13.1. The maximum Gasteiger partial charge on any atom is 0.163 e. The Morgan fingerprint density at radius 1 is 1.32 bits per heavy atom. The van der Waals surface area contributed by atoms with Gasteiger partial charge in [0.05, 0.1) is 0 Å². The molecule has 1 N–H and O–H groups in total. The number of benzene rings is 1. The van der Waals surface area contributed by atoms with E-state index >= 15 is 0 Å². The van der Waals surface area contributed by atoms with Gasteiger partial charge < -0.3 is 5.32 Å². The van der Waals surface area contributed by atoms with Gasteiger partial charge in [-0.25, -0.2) is 0 Å². The van der Waals surface area contributed by atoms with Crippen LogP contribution in [0.3, 0.4) is 0 Å². The third-order valence-electron chi connectivity index (χ3n) is 4.54. The van der Waals surface area contributed by atoms with Crippen molar-refractivity contribution in [2.24, 2.45) is 5.92 Å². The largest absolute Gasteiger partial charge is 0.311 e. The van der Waals surface area contributed by atoms with Crippen LogP contribution in [0.25, 0.3) is 0 Å². The fraction of sp³-hybridized carbons (Fsp3) is 0.562. The molecule has 2 heterocycles. The minimum atomic E-state index is 0.244. The number of carbonyl (C=O) groups is 1. The SMILES string of the molecule is Cc1ccc(C(=O)CC2CC3CCC(C2)N3)cc1Cl. The van der Waals surface area contributed by atoms with Crippen molar-refractivity contribution in [3.63, 3.8) is 0 Å². The molecule has 0 saturated carbocycles. The zero-order valence-electron chi connectivity index (χ0n) is 11.3. The summed E-state index contributed by atoms with van der Waals surface area (Å²) in [6.45, 7) is 1.96. The average Bonchev–Trinajstić information content (AvgIpc) is 2.72. The number of ketones is 1. The standard InChI is InChI=1S/C16H20ClNO/c1-10-2-3-12(9-15(10)17)16(19)8-11-6-13-4-5-14(7-11)18-13/h2-3,9,11,13-14,18H,4-8H2,1H3. The number of aryl methyl sites for hydroxylation is 1. The number of fused-ring (bicyclic) bond motifs is 2. The molecule has 0 spiro atoms. The van der Waals surface area contributed by atoms with E-state index in [1.807, 2.05) is 25.1 Å². The van der Waals surface area contributed by atoms with E-state index in [9.17, 15) is 4.79 Å². The summed E-state index contributed by atoms with van der Waals surface area (Å²) in [6.07, 6.45) is 5.55. The van der Waals surface area contributed by atoms with Crippen LogP contribution in [0.4, 0.5) is 0 Å². The molecular formula is C16H20ClNO. The molecule has 0 radical (unpaired) electrons. The van der Waals surface area contributed by atoms with E-state index in [-0.39, 0.29) is 5.78 Å². The van der Waals surface area contributed by atoms with Gasteiger partial charge in [0, 0.05) is 29.1 Å². The van der Waals surface area contributed by atoms with Gasteiger partial charge in [-0.15, -0.1) is 0 Å². The highest BCUT2D eigenvalue weighted by molar-refractivity contribution is 6.31. The summed E-state index contributed by atoms with van der Waals surface area (Å²) in [5, 5.41) is 4.31. The molecule has 19 heavy (non-hydrogen) atoms. The zero-order valence-corrected chi connectivity index (χ0v) is 12.0. The van der Waals surface area contributed by atoms with E-state index < -0.39 is 0 Å². The first-order valence-electron chi connectivity index (χ1n) is 7.17. The molecule has 3 rings (SSSR count). The summed E-state index contributed by atoms with van der Waals surface area (Å²) in [6, 6.07) is 6.95. The highest BCUT2D eigenvalue weighted by atomic mass is 35.5. The summed E-state index contributed by atoms with van der Waals surface area (Å²) >= 11 is 6.09. The Hall–Kier alpha value is -0.860. The number of nitrogens with one attached hydrogen (secondary N) is 1. The molecule has 0 aromatic heterocycles. The third-order valence-corrected chi connectivity index (χ3v) is 4.95. The van der Waals surface area contributed by atoms with Crippen LogP contribution in [0.2, 0.25) is 5.02 Å². The topological polar surface area (TPSA) is 29.1 Å². The normalized spacial score (nSPS) is 29.5. The lowest BCUT2D eigenvalue weighted by Gasteiger charge is -2.28. The Bertz CT molecular complexity index is 488. The van der Waals surface area contributed by atoms with Crippen LogP contribution in [0, 0.1) is 12.8 Å². The Labute approximate surface area is 119 Å². The second-order valence-electron chi connectivity index (χ2n) is 6.07. The van der Waals surface area contributed by atoms with Crippen molar-refractivity contribution in [2.45, 2.75) is 51.1 Å². The minimum Gasteiger partial charge on any atom is -0.311 e. The quantitative estimate of drug-likeness (QED) is 0.853. The Balaban J connectivity index is 1.66. The molecule has 0 aliphatic carbocycles. The van der Waals surface area contributed by atoms with Crippen LogP contribution in [-0.4, -0.2) is 17.9 Å². The predicted molar refractivity (Wildman–Crippen MR) is 77.8 cm³/mol. The molecule has 2 aliphatic heterocycles. The number of hydrogen-bond donors (Lipinski definition) is 1. The van der Waals surface area contributed by atoms with Crippen molar-refractivity contribution in [3.05, 3.63) is 34.3 Å². The lowest BCUT2D eigenvalue weighted by Crippen LogP contribution is -2.38. The van der Waals surface area contributed by atoms with Crippen LogP contribution < -0.4 is 5.32 Å². The van der Waals surface area contributed by atoms with Crippen molar-refractivity contribution in [1.29, 1.82) is 0 Å². The van der Waals surface area contributed by atoms with Gasteiger partial charge in [0.15, 0.2) is 5.78 Å². The number of rotatable bonds is 3. The molecule has 2 nitrogen and oxygen atoms in total. The molecule has 2 atom stereocenters. The molecule has 1 aromatic carbocycles. The van der Waals surface area contributed by atoms with E-state index in [0.29, 0.717) is 29.4 Å². The molecule has 0 amide bonds. The number of hydrogen-bond acceptors (Lipinski definition) is 2. The van der Waals surface area contributed by atoms with Crippen molar-refractivity contribution >= 4 is 17.4 Å². The van der Waals surface area contributed by atoms with Gasteiger partial charge in [0.1, 0.15) is 0 Å². The molecule has 2 unspecified atom stereocenters. The molecule has 2 fully saturated rings. The van der Waals surface area contributed by atoms with Gasteiger partial charge in [-0.05, 0) is 50.2 Å². The number of carbonyl (C=O) groups excluding carboxylic acids is 1. The van der Waals surface area contributed by atoms with Gasteiger partial charge in [-0.1, -0.05) is 23.7 Å². The molecule has 2 aliphatic rings. The molecule has 2 bridgehead atoms.